The highest BCUT2D eigenvalue weighted by Gasteiger charge is 2.47. The quantitative estimate of drug-likeness (QED) is 0.855. The van der Waals surface area contributed by atoms with Gasteiger partial charge in [0, 0.05) is 30.0 Å². The van der Waals surface area contributed by atoms with Gasteiger partial charge in [0.1, 0.15) is 5.82 Å². The first-order valence-electron chi connectivity index (χ1n) is 10.6. The molecule has 2 heterocycles. The molecule has 5 rings (SSSR count). The molecule has 1 unspecified atom stereocenters. The molecule has 1 spiro atoms. The van der Waals surface area contributed by atoms with Crippen LogP contribution in [0.5, 0.6) is 0 Å². The Kier molecular flexibility index (Phi) is 4.24. The van der Waals surface area contributed by atoms with Gasteiger partial charge in [-0.25, -0.2) is 17.7 Å². The van der Waals surface area contributed by atoms with E-state index in [0.717, 1.165) is 81.3 Å². The van der Waals surface area contributed by atoms with Gasteiger partial charge in [0.15, 0.2) is 0 Å². The predicted octanol–water partition coefficient (Wildman–Crippen LogP) is 2.45. The van der Waals surface area contributed by atoms with E-state index in [0.29, 0.717) is 30.7 Å². The fourth-order valence-corrected chi connectivity index (χ4v) is 7.51. The summed E-state index contributed by atoms with van der Waals surface area (Å²) in [5.74, 6) is 1.84. The second-order valence-electron chi connectivity index (χ2n) is 9.20. The van der Waals surface area contributed by atoms with Crippen molar-refractivity contribution in [1.82, 2.24) is 14.3 Å². The van der Waals surface area contributed by atoms with Crippen molar-refractivity contribution in [1.29, 1.82) is 0 Å². The summed E-state index contributed by atoms with van der Waals surface area (Å²) in [5.41, 5.74) is 1.46. The Morgan fingerprint density at radius 3 is 2.63 bits per heavy atom. The van der Waals surface area contributed by atoms with Crippen LogP contribution in [0.4, 0.5) is 0 Å². The average molecular weight is 392 g/mol. The third-order valence-corrected chi connectivity index (χ3v) is 9.20. The number of piperidine rings is 1. The lowest BCUT2D eigenvalue weighted by atomic mass is 9.78. The van der Waals surface area contributed by atoms with Gasteiger partial charge in [-0.3, -0.25) is 4.79 Å². The van der Waals surface area contributed by atoms with Crippen LogP contribution in [0.25, 0.3) is 0 Å². The van der Waals surface area contributed by atoms with Crippen LogP contribution in [-0.4, -0.2) is 41.5 Å². The molecule has 0 aromatic carbocycles. The second kappa shape index (κ2) is 6.41. The van der Waals surface area contributed by atoms with Crippen LogP contribution in [0.2, 0.25) is 0 Å². The van der Waals surface area contributed by atoms with Crippen molar-refractivity contribution < 1.29 is 8.42 Å². The number of nitrogens with one attached hydrogen (secondary N) is 1. The third kappa shape index (κ3) is 3.16. The number of sulfonamides is 1. The van der Waals surface area contributed by atoms with Crippen LogP contribution < -0.4 is 5.56 Å². The number of aromatic nitrogens is 2. The maximum atomic E-state index is 13.1. The van der Waals surface area contributed by atoms with Crippen molar-refractivity contribution in [2.75, 3.05) is 18.8 Å². The summed E-state index contributed by atoms with van der Waals surface area (Å²) >= 11 is 0. The Balaban J connectivity index is 1.44. The van der Waals surface area contributed by atoms with E-state index in [9.17, 15) is 13.2 Å². The van der Waals surface area contributed by atoms with Crippen molar-refractivity contribution in [2.24, 2.45) is 5.92 Å². The molecular formula is C20H29N3O3S. The lowest BCUT2D eigenvalue weighted by molar-refractivity contribution is 0.218. The highest BCUT2D eigenvalue weighted by Crippen LogP contribution is 2.45. The highest BCUT2D eigenvalue weighted by atomic mass is 32.2. The average Bonchev–Trinajstić information content (AvgIpc) is 3.28. The van der Waals surface area contributed by atoms with Crippen LogP contribution in [0.1, 0.15) is 80.8 Å². The van der Waals surface area contributed by atoms with Crippen LogP contribution in [0, 0.1) is 5.92 Å². The Bertz CT molecular complexity index is 900. The first-order chi connectivity index (χ1) is 13.0. The summed E-state index contributed by atoms with van der Waals surface area (Å²) in [4.78, 5) is 20.4. The van der Waals surface area contributed by atoms with E-state index in [4.69, 9.17) is 4.98 Å². The number of nitrogens with zero attached hydrogens (tertiary/aromatic N) is 2. The molecule has 1 aliphatic heterocycles. The number of rotatable bonds is 4. The molecular weight excluding hydrogens is 362 g/mol. The Morgan fingerprint density at radius 1 is 1.11 bits per heavy atom. The SMILES string of the molecule is O=c1[nH]c(C2CC2)nc2c1CCC21CCCN(S(=O)(=O)CC2CCCC2)C1. The van der Waals surface area contributed by atoms with E-state index in [2.05, 4.69) is 4.98 Å². The zero-order chi connectivity index (χ0) is 18.6. The smallest absolute Gasteiger partial charge is 0.254 e. The van der Waals surface area contributed by atoms with Gasteiger partial charge in [-0.15, -0.1) is 0 Å². The molecule has 1 atom stereocenters. The van der Waals surface area contributed by atoms with E-state index in [1.54, 1.807) is 4.31 Å². The molecule has 3 aliphatic carbocycles. The largest absolute Gasteiger partial charge is 0.310 e. The van der Waals surface area contributed by atoms with E-state index in [1.807, 2.05) is 0 Å². The minimum absolute atomic E-state index is 0.00436. The van der Waals surface area contributed by atoms with E-state index < -0.39 is 10.0 Å². The topological polar surface area (TPSA) is 83.1 Å². The second-order valence-corrected chi connectivity index (χ2v) is 11.2. The van der Waals surface area contributed by atoms with Gasteiger partial charge >= 0.3 is 0 Å². The first-order valence-corrected chi connectivity index (χ1v) is 12.2. The molecule has 1 N–H and O–H groups in total. The molecule has 1 aromatic heterocycles. The monoisotopic (exact) mass is 391 g/mol. The van der Waals surface area contributed by atoms with Crippen LogP contribution in [0.15, 0.2) is 4.79 Å². The highest BCUT2D eigenvalue weighted by molar-refractivity contribution is 7.89. The van der Waals surface area contributed by atoms with Crippen LogP contribution in [-0.2, 0) is 21.9 Å². The standard InChI is InChI=1S/C20H29N3O3S/c24-19-16-8-10-20(17(16)21-18(22-19)15-6-7-15)9-3-11-23(13-20)27(25,26)12-14-4-1-2-5-14/h14-15H,1-13H2,(H,21,22,24). The van der Waals surface area contributed by atoms with Gasteiger partial charge in [-0.2, -0.15) is 0 Å². The summed E-state index contributed by atoms with van der Waals surface area (Å²) in [6.45, 7) is 1.13. The van der Waals surface area contributed by atoms with E-state index in [1.165, 1.54) is 0 Å². The fourth-order valence-electron chi connectivity index (χ4n) is 5.52. The van der Waals surface area contributed by atoms with Crippen molar-refractivity contribution in [3.8, 4) is 0 Å². The molecule has 148 valence electrons. The minimum atomic E-state index is -3.24. The number of hydrogen-bond donors (Lipinski definition) is 1. The Morgan fingerprint density at radius 2 is 1.89 bits per heavy atom. The molecule has 0 bridgehead atoms. The lowest BCUT2D eigenvalue weighted by Gasteiger charge is -2.40. The fraction of sp³-hybridized carbons (Fsp3) is 0.800. The van der Waals surface area contributed by atoms with Gasteiger partial charge in [0.25, 0.3) is 5.56 Å². The summed E-state index contributed by atoms with van der Waals surface area (Å²) in [7, 11) is -3.24. The Hall–Kier alpha value is -1.21. The van der Waals surface area contributed by atoms with Gasteiger partial charge < -0.3 is 4.98 Å². The van der Waals surface area contributed by atoms with Crippen LogP contribution >= 0.6 is 0 Å². The minimum Gasteiger partial charge on any atom is -0.310 e. The van der Waals surface area contributed by atoms with Gasteiger partial charge in [-0.05, 0) is 57.3 Å². The zero-order valence-electron chi connectivity index (χ0n) is 15.9. The lowest BCUT2D eigenvalue weighted by Crippen LogP contribution is -2.49. The maximum absolute atomic E-state index is 13.1. The first kappa shape index (κ1) is 17.9. The summed E-state index contributed by atoms with van der Waals surface area (Å²) < 4.78 is 27.9. The predicted molar refractivity (Wildman–Crippen MR) is 103 cm³/mol. The van der Waals surface area contributed by atoms with Crippen molar-refractivity contribution in [3.63, 3.8) is 0 Å². The van der Waals surface area contributed by atoms with Crippen molar-refractivity contribution >= 4 is 10.0 Å². The van der Waals surface area contributed by atoms with Gasteiger partial charge in [0.05, 0.1) is 11.4 Å². The van der Waals surface area contributed by atoms with Crippen LogP contribution in [0.3, 0.4) is 0 Å². The zero-order valence-corrected chi connectivity index (χ0v) is 16.7. The van der Waals surface area contributed by atoms with Crippen molar-refractivity contribution in [3.05, 3.63) is 27.4 Å². The molecule has 0 radical (unpaired) electrons. The molecule has 0 amide bonds. The molecule has 6 nitrogen and oxygen atoms in total. The molecule has 7 heteroatoms. The van der Waals surface area contributed by atoms with E-state index in [-0.39, 0.29) is 11.0 Å². The molecule has 4 aliphatic rings. The van der Waals surface area contributed by atoms with Gasteiger partial charge in [0.2, 0.25) is 10.0 Å². The molecule has 3 fully saturated rings. The molecule has 1 aromatic rings. The summed E-state index contributed by atoms with van der Waals surface area (Å²) in [5, 5.41) is 0. The Labute approximate surface area is 160 Å². The van der Waals surface area contributed by atoms with Crippen molar-refractivity contribution in [2.45, 2.75) is 75.5 Å². The molecule has 27 heavy (non-hydrogen) atoms. The summed E-state index contributed by atoms with van der Waals surface area (Å²) in [6, 6.07) is 0. The number of hydrogen-bond acceptors (Lipinski definition) is 4. The third-order valence-electron chi connectivity index (χ3n) is 7.21. The normalized spacial score (nSPS) is 29.5. The maximum Gasteiger partial charge on any atom is 0.254 e. The van der Waals surface area contributed by atoms with Gasteiger partial charge in [-0.1, -0.05) is 12.8 Å². The number of aromatic amines is 1. The number of H-pyrrole nitrogens is 1. The number of fused-ring (bicyclic) bond motifs is 2. The molecule has 2 saturated carbocycles. The summed E-state index contributed by atoms with van der Waals surface area (Å²) in [6.07, 6.45) is 9.97. The van der Waals surface area contributed by atoms with E-state index >= 15 is 0 Å². The molecule has 1 saturated heterocycles.